The summed E-state index contributed by atoms with van der Waals surface area (Å²) in [7, 11) is 1.28. The molecule has 6 nitrogen and oxygen atoms in total. The number of halogens is 1. The first-order chi connectivity index (χ1) is 15.0. The fourth-order valence-corrected chi connectivity index (χ4v) is 3.60. The van der Waals surface area contributed by atoms with Gasteiger partial charge in [-0.05, 0) is 53.6 Å². The van der Waals surface area contributed by atoms with Crippen LogP contribution in [-0.2, 0) is 15.9 Å². The number of benzene rings is 3. The van der Waals surface area contributed by atoms with Crippen LogP contribution in [0.4, 0.5) is 5.69 Å². The number of fused-ring (bicyclic) bond motifs is 1. The third kappa shape index (κ3) is 4.29. The Morgan fingerprint density at radius 1 is 1.06 bits per heavy atom. The molecule has 1 N–H and O–H groups in total. The summed E-state index contributed by atoms with van der Waals surface area (Å²) < 4.78 is 10.3. The average Bonchev–Trinajstić information content (AvgIpc) is 2.79. The maximum Gasteiger partial charge on any atom is 0.339 e. The zero-order valence-electron chi connectivity index (χ0n) is 16.6. The molecule has 7 heteroatoms. The lowest BCUT2D eigenvalue weighted by Gasteiger charge is -2.25. The van der Waals surface area contributed by atoms with Crippen LogP contribution >= 0.6 is 11.6 Å². The summed E-state index contributed by atoms with van der Waals surface area (Å²) in [5.41, 5.74) is 2.92. The molecule has 0 radical (unpaired) electrons. The van der Waals surface area contributed by atoms with Crippen molar-refractivity contribution in [2.75, 3.05) is 12.4 Å². The second kappa shape index (κ2) is 8.62. The van der Waals surface area contributed by atoms with Gasteiger partial charge in [-0.15, -0.1) is 0 Å². The summed E-state index contributed by atoms with van der Waals surface area (Å²) >= 11 is 5.94. The van der Waals surface area contributed by atoms with Crippen molar-refractivity contribution < 1.29 is 23.9 Å². The Bertz CT molecular complexity index is 1170. The zero-order valence-corrected chi connectivity index (χ0v) is 17.3. The van der Waals surface area contributed by atoms with E-state index in [0.717, 1.165) is 5.56 Å². The quantitative estimate of drug-likeness (QED) is 0.593. The number of methoxy groups -OCH3 is 1. The van der Waals surface area contributed by atoms with Crippen LogP contribution in [0.3, 0.4) is 0 Å². The predicted molar refractivity (Wildman–Crippen MR) is 115 cm³/mol. The summed E-state index contributed by atoms with van der Waals surface area (Å²) in [5.74, 6) is -1.39. The molecule has 156 valence electrons. The highest BCUT2D eigenvalue weighted by atomic mass is 35.5. The molecule has 1 atom stereocenters. The van der Waals surface area contributed by atoms with E-state index in [4.69, 9.17) is 21.1 Å². The first-order valence-electron chi connectivity index (χ1n) is 9.54. The van der Waals surface area contributed by atoms with Crippen LogP contribution in [0.25, 0.3) is 0 Å². The van der Waals surface area contributed by atoms with Crippen LogP contribution in [0.5, 0.6) is 0 Å². The number of rotatable bonds is 4. The second-order valence-corrected chi connectivity index (χ2v) is 7.45. The number of carbonyl (C=O) groups excluding carboxylic acids is 3. The Kier molecular flexibility index (Phi) is 5.73. The van der Waals surface area contributed by atoms with E-state index >= 15 is 0 Å². The molecule has 0 saturated carbocycles. The van der Waals surface area contributed by atoms with Gasteiger partial charge < -0.3 is 14.8 Å². The van der Waals surface area contributed by atoms with Gasteiger partial charge in [0.15, 0.2) is 0 Å². The molecule has 31 heavy (non-hydrogen) atoms. The smallest absolute Gasteiger partial charge is 0.339 e. The summed E-state index contributed by atoms with van der Waals surface area (Å²) in [6.45, 7) is 0. The maximum atomic E-state index is 12.8. The van der Waals surface area contributed by atoms with Gasteiger partial charge in [0.2, 0.25) is 0 Å². The van der Waals surface area contributed by atoms with Crippen LogP contribution in [-0.4, -0.2) is 25.0 Å². The molecule has 0 aromatic heterocycles. The van der Waals surface area contributed by atoms with Crippen LogP contribution in [0.2, 0.25) is 5.02 Å². The Hall–Kier alpha value is -3.64. The molecular formula is C24H18ClNO5. The van der Waals surface area contributed by atoms with Gasteiger partial charge >= 0.3 is 11.9 Å². The van der Waals surface area contributed by atoms with Gasteiger partial charge in [-0.2, -0.15) is 0 Å². The predicted octanol–water partition coefficient (Wildman–Crippen LogP) is 4.83. The van der Waals surface area contributed by atoms with Gasteiger partial charge in [0.1, 0.15) is 6.10 Å². The molecule has 1 aliphatic heterocycles. The molecule has 0 spiro atoms. The molecule has 1 aliphatic rings. The van der Waals surface area contributed by atoms with Crippen molar-refractivity contribution in [1.82, 2.24) is 0 Å². The van der Waals surface area contributed by atoms with E-state index < -0.39 is 23.9 Å². The highest BCUT2D eigenvalue weighted by Crippen LogP contribution is 2.32. The fourth-order valence-electron chi connectivity index (χ4n) is 3.47. The van der Waals surface area contributed by atoms with Crippen molar-refractivity contribution in [3.8, 4) is 0 Å². The molecule has 3 aromatic carbocycles. The number of anilines is 1. The van der Waals surface area contributed by atoms with Crippen molar-refractivity contribution in [2.24, 2.45) is 0 Å². The van der Waals surface area contributed by atoms with E-state index in [1.807, 2.05) is 12.1 Å². The van der Waals surface area contributed by atoms with E-state index in [0.29, 0.717) is 33.8 Å². The number of ether oxygens (including phenoxy) is 2. The van der Waals surface area contributed by atoms with Crippen LogP contribution < -0.4 is 5.32 Å². The first-order valence-corrected chi connectivity index (χ1v) is 9.92. The van der Waals surface area contributed by atoms with Gasteiger partial charge in [-0.3, -0.25) is 4.79 Å². The third-order valence-electron chi connectivity index (χ3n) is 5.06. The zero-order chi connectivity index (χ0) is 22.0. The van der Waals surface area contributed by atoms with E-state index in [9.17, 15) is 14.4 Å². The molecule has 0 bridgehead atoms. The number of amides is 1. The monoisotopic (exact) mass is 435 g/mol. The minimum Gasteiger partial charge on any atom is -0.465 e. The summed E-state index contributed by atoms with van der Waals surface area (Å²) in [5, 5.41) is 3.33. The van der Waals surface area contributed by atoms with Gasteiger partial charge in [-0.25, -0.2) is 9.59 Å². The topological polar surface area (TPSA) is 81.7 Å². The van der Waals surface area contributed by atoms with E-state index in [1.54, 1.807) is 54.6 Å². The Balaban J connectivity index is 1.59. The molecular weight excluding hydrogens is 418 g/mol. The van der Waals surface area contributed by atoms with Gasteiger partial charge in [0.25, 0.3) is 5.91 Å². The molecule has 3 aromatic rings. The number of nitrogens with one attached hydrogen (secondary N) is 1. The SMILES string of the molecule is COC(=O)c1ccccc1NC(=O)c1ccc2c(c1)C[C@@H](c1ccc(Cl)cc1)OC2=O. The minimum absolute atomic E-state index is 0.252. The van der Waals surface area contributed by atoms with E-state index in [1.165, 1.54) is 7.11 Å². The Morgan fingerprint density at radius 3 is 2.55 bits per heavy atom. The van der Waals surface area contributed by atoms with Crippen LogP contribution in [0.15, 0.2) is 66.7 Å². The Morgan fingerprint density at radius 2 is 1.81 bits per heavy atom. The first kappa shape index (κ1) is 20.6. The molecule has 0 unspecified atom stereocenters. The lowest BCUT2D eigenvalue weighted by molar-refractivity contribution is 0.0252. The standard InChI is InChI=1S/C24H18ClNO5/c1-30-23(28)19-4-2-3-5-20(19)26-22(27)15-8-11-18-16(12-15)13-21(31-24(18)29)14-6-9-17(25)10-7-14/h2-12,21H,13H2,1H3,(H,26,27)/t21-/m0/s1. The van der Waals surface area contributed by atoms with Crippen molar-refractivity contribution in [2.45, 2.75) is 12.5 Å². The van der Waals surface area contributed by atoms with Crippen molar-refractivity contribution in [3.63, 3.8) is 0 Å². The average molecular weight is 436 g/mol. The van der Waals surface area contributed by atoms with Gasteiger partial charge in [0.05, 0.1) is 23.9 Å². The highest BCUT2D eigenvalue weighted by molar-refractivity contribution is 6.30. The summed E-state index contributed by atoms with van der Waals surface area (Å²) in [4.78, 5) is 37.2. The van der Waals surface area contributed by atoms with Gasteiger partial charge in [0, 0.05) is 17.0 Å². The number of cyclic esters (lactones) is 1. The minimum atomic E-state index is -0.546. The number of hydrogen-bond acceptors (Lipinski definition) is 5. The molecule has 0 saturated heterocycles. The number of carbonyl (C=O) groups is 3. The largest absolute Gasteiger partial charge is 0.465 e. The van der Waals surface area contributed by atoms with Crippen LogP contribution in [0, 0.1) is 0 Å². The van der Waals surface area contributed by atoms with Gasteiger partial charge in [-0.1, -0.05) is 35.9 Å². The van der Waals surface area contributed by atoms with E-state index in [2.05, 4.69) is 5.32 Å². The Labute approximate surface area is 183 Å². The molecule has 1 heterocycles. The number of esters is 2. The normalized spacial score (nSPS) is 14.9. The summed E-state index contributed by atoms with van der Waals surface area (Å²) in [6, 6.07) is 18.5. The number of hydrogen-bond donors (Lipinski definition) is 1. The number of para-hydroxylation sites is 1. The van der Waals surface area contributed by atoms with Crippen molar-refractivity contribution in [1.29, 1.82) is 0 Å². The third-order valence-corrected chi connectivity index (χ3v) is 5.32. The summed E-state index contributed by atoms with van der Waals surface area (Å²) in [6.07, 6.45) is -0.0293. The van der Waals surface area contributed by atoms with Crippen molar-refractivity contribution in [3.05, 3.63) is 99.6 Å². The molecule has 0 fully saturated rings. The lowest BCUT2D eigenvalue weighted by Crippen LogP contribution is -2.23. The molecule has 0 aliphatic carbocycles. The molecule has 1 amide bonds. The highest BCUT2D eigenvalue weighted by Gasteiger charge is 2.28. The maximum absolute atomic E-state index is 12.8. The van der Waals surface area contributed by atoms with Crippen molar-refractivity contribution >= 4 is 35.1 Å². The van der Waals surface area contributed by atoms with Crippen LogP contribution in [0.1, 0.15) is 48.3 Å². The second-order valence-electron chi connectivity index (χ2n) is 7.01. The lowest BCUT2D eigenvalue weighted by atomic mass is 9.93. The fraction of sp³-hybridized carbons (Fsp3) is 0.125. The van der Waals surface area contributed by atoms with E-state index in [-0.39, 0.29) is 5.56 Å². The molecule has 4 rings (SSSR count).